The van der Waals surface area contributed by atoms with Gasteiger partial charge in [-0.15, -0.1) is 0 Å². The molecule has 0 aliphatic carbocycles. The number of nitrogens with one attached hydrogen (secondary N) is 1. The maximum Gasteiger partial charge on any atom is 0.251 e. The molecule has 3 N–H and O–H groups in total. The lowest BCUT2D eigenvalue weighted by molar-refractivity contribution is 0.0956. The molecule has 0 spiro atoms. The first-order valence-corrected chi connectivity index (χ1v) is 7.03. The fourth-order valence-electron chi connectivity index (χ4n) is 1.87. The van der Waals surface area contributed by atoms with Crippen molar-refractivity contribution in [2.24, 2.45) is 0 Å². The lowest BCUT2D eigenvalue weighted by Crippen LogP contribution is -2.22. The van der Waals surface area contributed by atoms with Gasteiger partial charge in [0.05, 0.1) is 5.69 Å². The van der Waals surface area contributed by atoms with Crippen molar-refractivity contribution in [1.29, 1.82) is 0 Å². The molecule has 1 amide bonds. The van der Waals surface area contributed by atoms with E-state index in [9.17, 15) is 4.79 Å². The lowest BCUT2D eigenvalue weighted by atomic mass is 10.1. The average molecular weight is 305 g/mol. The smallest absolute Gasteiger partial charge is 0.251 e. The van der Waals surface area contributed by atoms with Crippen molar-refractivity contribution in [2.75, 3.05) is 12.3 Å². The number of amides is 1. The van der Waals surface area contributed by atoms with Crippen LogP contribution in [0.2, 0.25) is 5.02 Å². The first-order valence-electron chi connectivity index (χ1n) is 6.65. The summed E-state index contributed by atoms with van der Waals surface area (Å²) in [4.78, 5) is 11.7. The van der Waals surface area contributed by atoms with Gasteiger partial charge in [-0.05, 0) is 42.8 Å². The third-order valence-corrected chi connectivity index (χ3v) is 3.13. The van der Waals surface area contributed by atoms with E-state index in [-0.39, 0.29) is 5.91 Å². The molecule has 0 aliphatic rings. The van der Waals surface area contributed by atoms with Crippen LogP contribution < -0.4 is 15.8 Å². The first kappa shape index (κ1) is 15.2. The molecule has 0 unspecified atom stereocenters. The van der Waals surface area contributed by atoms with Crippen molar-refractivity contribution >= 4 is 23.2 Å². The van der Waals surface area contributed by atoms with Crippen molar-refractivity contribution in [3.63, 3.8) is 0 Å². The third kappa shape index (κ3) is 4.13. The first-order chi connectivity index (χ1) is 10.1. The van der Waals surface area contributed by atoms with Crippen molar-refractivity contribution in [2.45, 2.75) is 13.5 Å². The van der Waals surface area contributed by atoms with Crippen LogP contribution in [0.1, 0.15) is 22.8 Å². The number of hydrogen-bond donors (Lipinski definition) is 2. The van der Waals surface area contributed by atoms with Crippen LogP contribution in [0.15, 0.2) is 42.5 Å². The van der Waals surface area contributed by atoms with Gasteiger partial charge in [-0.25, -0.2) is 0 Å². The van der Waals surface area contributed by atoms with Gasteiger partial charge in [-0.3, -0.25) is 4.79 Å². The highest BCUT2D eigenvalue weighted by Crippen LogP contribution is 2.24. The third-order valence-electron chi connectivity index (χ3n) is 2.89. The molecule has 21 heavy (non-hydrogen) atoms. The van der Waals surface area contributed by atoms with Crippen molar-refractivity contribution in [3.05, 3.63) is 58.6 Å². The summed E-state index contributed by atoms with van der Waals surface area (Å²) in [6.07, 6.45) is 0. The zero-order valence-corrected chi connectivity index (χ0v) is 12.5. The topological polar surface area (TPSA) is 64.3 Å². The fourth-order valence-corrected chi connectivity index (χ4v) is 2.08. The molecule has 0 bridgehead atoms. The van der Waals surface area contributed by atoms with Gasteiger partial charge in [-0.2, -0.15) is 0 Å². The molecule has 0 aliphatic heterocycles. The molecule has 0 radical (unpaired) electrons. The number of rotatable bonds is 5. The predicted octanol–water partition coefficient (Wildman–Crippen LogP) is 3.25. The zero-order chi connectivity index (χ0) is 15.2. The van der Waals surface area contributed by atoms with Crippen LogP contribution in [0.4, 0.5) is 5.69 Å². The largest absolute Gasteiger partial charge is 0.487 e. The van der Waals surface area contributed by atoms with Gasteiger partial charge < -0.3 is 15.8 Å². The Kier molecular flexibility index (Phi) is 5.06. The number of ether oxygens (including phenoxy) is 1. The highest BCUT2D eigenvalue weighted by molar-refractivity contribution is 6.30. The summed E-state index contributed by atoms with van der Waals surface area (Å²) in [6, 6.07) is 12.4. The summed E-state index contributed by atoms with van der Waals surface area (Å²) in [5, 5.41) is 3.39. The quantitative estimate of drug-likeness (QED) is 0.833. The SMILES string of the molecule is CCNC(=O)c1ccc(OCc2cccc(Cl)c2)c(N)c1. The van der Waals surface area contributed by atoms with Gasteiger partial charge in [0.1, 0.15) is 12.4 Å². The summed E-state index contributed by atoms with van der Waals surface area (Å²) >= 11 is 5.92. The molecule has 2 rings (SSSR count). The number of anilines is 1. The summed E-state index contributed by atoms with van der Waals surface area (Å²) in [7, 11) is 0. The Morgan fingerprint density at radius 2 is 2.10 bits per heavy atom. The molecular weight excluding hydrogens is 288 g/mol. The van der Waals surface area contributed by atoms with E-state index in [2.05, 4.69) is 5.32 Å². The van der Waals surface area contributed by atoms with Crippen LogP contribution in [0.3, 0.4) is 0 Å². The van der Waals surface area contributed by atoms with Gasteiger partial charge in [0.15, 0.2) is 0 Å². The van der Waals surface area contributed by atoms with E-state index < -0.39 is 0 Å². The van der Waals surface area contributed by atoms with Crippen molar-refractivity contribution < 1.29 is 9.53 Å². The Bertz CT molecular complexity index is 644. The summed E-state index contributed by atoms with van der Waals surface area (Å²) < 4.78 is 5.66. The molecule has 4 nitrogen and oxygen atoms in total. The minimum Gasteiger partial charge on any atom is -0.487 e. The maximum atomic E-state index is 11.7. The van der Waals surface area contributed by atoms with E-state index in [4.69, 9.17) is 22.1 Å². The minimum absolute atomic E-state index is 0.148. The maximum absolute atomic E-state index is 11.7. The number of nitrogen functional groups attached to an aromatic ring is 1. The molecule has 2 aromatic rings. The number of hydrogen-bond acceptors (Lipinski definition) is 3. The normalized spacial score (nSPS) is 10.2. The number of benzene rings is 2. The van der Waals surface area contributed by atoms with Crippen LogP contribution in [-0.4, -0.2) is 12.5 Å². The van der Waals surface area contributed by atoms with Crippen LogP contribution in [0.5, 0.6) is 5.75 Å². The van der Waals surface area contributed by atoms with Crippen LogP contribution in [0.25, 0.3) is 0 Å². The average Bonchev–Trinajstić information content (AvgIpc) is 2.46. The second kappa shape index (κ2) is 6.99. The Morgan fingerprint density at radius 3 is 2.76 bits per heavy atom. The number of nitrogens with two attached hydrogens (primary N) is 1. The zero-order valence-electron chi connectivity index (χ0n) is 11.7. The molecule has 0 atom stereocenters. The van der Waals surface area contributed by atoms with Crippen LogP contribution >= 0.6 is 11.6 Å². The Morgan fingerprint density at radius 1 is 1.29 bits per heavy atom. The van der Waals surface area contributed by atoms with E-state index in [1.165, 1.54) is 0 Å². The molecule has 5 heteroatoms. The van der Waals surface area contributed by atoms with E-state index in [0.29, 0.717) is 35.2 Å². The van der Waals surface area contributed by atoms with Gasteiger partial charge >= 0.3 is 0 Å². The molecule has 2 aromatic carbocycles. The molecule has 110 valence electrons. The van der Waals surface area contributed by atoms with Gasteiger partial charge in [0.25, 0.3) is 5.91 Å². The molecule has 0 fully saturated rings. The summed E-state index contributed by atoms with van der Waals surface area (Å²) in [6.45, 7) is 2.81. The highest BCUT2D eigenvalue weighted by Gasteiger charge is 2.08. The van der Waals surface area contributed by atoms with E-state index >= 15 is 0 Å². The summed E-state index contributed by atoms with van der Waals surface area (Å²) in [5.74, 6) is 0.397. The van der Waals surface area contributed by atoms with Crippen LogP contribution in [0, 0.1) is 0 Å². The van der Waals surface area contributed by atoms with Gasteiger partial charge in [-0.1, -0.05) is 23.7 Å². The number of halogens is 1. The van der Waals surface area contributed by atoms with Gasteiger partial charge in [0, 0.05) is 17.1 Å². The van der Waals surface area contributed by atoms with E-state index in [1.54, 1.807) is 24.3 Å². The predicted molar refractivity (Wildman–Crippen MR) is 84.6 cm³/mol. The van der Waals surface area contributed by atoms with Crippen LogP contribution in [-0.2, 0) is 6.61 Å². The fraction of sp³-hybridized carbons (Fsp3) is 0.188. The molecule has 0 heterocycles. The molecule has 0 saturated carbocycles. The monoisotopic (exact) mass is 304 g/mol. The van der Waals surface area contributed by atoms with E-state index in [0.717, 1.165) is 5.56 Å². The molecule has 0 saturated heterocycles. The minimum atomic E-state index is -0.148. The second-order valence-electron chi connectivity index (χ2n) is 4.53. The summed E-state index contributed by atoms with van der Waals surface area (Å²) in [5.41, 5.74) is 7.82. The standard InChI is InChI=1S/C16H17ClN2O2/c1-2-19-16(20)12-6-7-15(14(18)9-12)21-10-11-4-3-5-13(17)8-11/h3-9H,2,10,18H2,1H3,(H,19,20). The van der Waals surface area contributed by atoms with Gasteiger partial charge in [0.2, 0.25) is 0 Å². The van der Waals surface area contributed by atoms with E-state index in [1.807, 2.05) is 25.1 Å². The van der Waals surface area contributed by atoms with Crippen molar-refractivity contribution in [3.8, 4) is 5.75 Å². The number of carbonyl (C=O) groups excluding carboxylic acids is 1. The van der Waals surface area contributed by atoms with Crippen molar-refractivity contribution in [1.82, 2.24) is 5.32 Å². The Balaban J connectivity index is 2.06. The second-order valence-corrected chi connectivity index (χ2v) is 4.97. The number of carbonyl (C=O) groups is 1. The Labute approximate surface area is 128 Å². The lowest BCUT2D eigenvalue weighted by Gasteiger charge is -2.10. The highest BCUT2D eigenvalue weighted by atomic mass is 35.5. The molecule has 0 aromatic heterocycles. The molecular formula is C16H17ClN2O2. The Hall–Kier alpha value is -2.20.